The standard InChI is InChI=1S/C15H19NO5/c1-16(14(17)9-20-8-11-2-3-11)12-4-6-13(7-5-12)21-10-15(18)19/h4-7,11H,2-3,8-10H2,1H3,(H,18,19). The van der Waals surface area contributed by atoms with E-state index in [0.29, 0.717) is 24.0 Å². The van der Waals surface area contributed by atoms with Crippen molar-refractivity contribution in [1.29, 1.82) is 0 Å². The number of hydrogen-bond acceptors (Lipinski definition) is 4. The second-order valence-corrected chi connectivity index (χ2v) is 5.09. The Morgan fingerprint density at radius 2 is 1.90 bits per heavy atom. The summed E-state index contributed by atoms with van der Waals surface area (Å²) in [6, 6.07) is 6.67. The van der Waals surface area contributed by atoms with Gasteiger partial charge in [0.2, 0.25) is 0 Å². The number of carbonyl (C=O) groups is 2. The maximum Gasteiger partial charge on any atom is 0.341 e. The topological polar surface area (TPSA) is 76.1 Å². The van der Waals surface area contributed by atoms with E-state index in [1.165, 1.54) is 17.7 Å². The van der Waals surface area contributed by atoms with Gasteiger partial charge in [-0.3, -0.25) is 4.79 Å². The lowest BCUT2D eigenvalue weighted by Gasteiger charge is -2.17. The first-order valence-electron chi connectivity index (χ1n) is 6.85. The molecule has 0 unspecified atom stereocenters. The van der Waals surface area contributed by atoms with Gasteiger partial charge in [-0.1, -0.05) is 0 Å². The van der Waals surface area contributed by atoms with Crippen LogP contribution in [0.3, 0.4) is 0 Å². The SMILES string of the molecule is CN(C(=O)COCC1CC1)c1ccc(OCC(=O)O)cc1. The molecule has 114 valence electrons. The molecule has 2 rings (SSSR count). The van der Waals surface area contributed by atoms with Crippen molar-refractivity contribution < 1.29 is 24.2 Å². The van der Waals surface area contributed by atoms with Crippen LogP contribution in [0, 0.1) is 5.92 Å². The van der Waals surface area contributed by atoms with Crippen molar-refractivity contribution in [1.82, 2.24) is 0 Å². The van der Waals surface area contributed by atoms with Crippen molar-refractivity contribution in [2.24, 2.45) is 5.92 Å². The van der Waals surface area contributed by atoms with Crippen molar-refractivity contribution in [2.75, 3.05) is 31.8 Å². The molecule has 1 aliphatic rings. The summed E-state index contributed by atoms with van der Waals surface area (Å²) in [5.41, 5.74) is 0.706. The van der Waals surface area contributed by atoms with Gasteiger partial charge in [0.15, 0.2) is 6.61 Å². The fraction of sp³-hybridized carbons (Fsp3) is 0.467. The fourth-order valence-corrected chi connectivity index (χ4v) is 1.75. The highest BCUT2D eigenvalue weighted by Crippen LogP contribution is 2.28. The van der Waals surface area contributed by atoms with Gasteiger partial charge in [0.25, 0.3) is 5.91 Å². The van der Waals surface area contributed by atoms with Crippen molar-refractivity contribution in [3.8, 4) is 5.75 Å². The van der Waals surface area contributed by atoms with Crippen LogP contribution < -0.4 is 9.64 Å². The number of hydrogen-bond donors (Lipinski definition) is 1. The summed E-state index contributed by atoms with van der Waals surface area (Å²) in [6.07, 6.45) is 2.39. The summed E-state index contributed by atoms with van der Waals surface area (Å²) in [6.45, 7) is 0.342. The molecule has 0 spiro atoms. The third-order valence-corrected chi connectivity index (χ3v) is 3.24. The van der Waals surface area contributed by atoms with E-state index >= 15 is 0 Å². The highest BCUT2D eigenvalue weighted by molar-refractivity contribution is 5.93. The number of ether oxygens (including phenoxy) is 2. The van der Waals surface area contributed by atoms with Crippen LogP contribution in [-0.4, -0.2) is 43.9 Å². The predicted molar refractivity (Wildman–Crippen MR) is 76.5 cm³/mol. The monoisotopic (exact) mass is 293 g/mol. The van der Waals surface area contributed by atoms with Crippen LogP contribution in [0.25, 0.3) is 0 Å². The van der Waals surface area contributed by atoms with Crippen LogP contribution in [0.2, 0.25) is 0 Å². The number of amides is 1. The van der Waals surface area contributed by atoms with Gasteiger partial charge in [-0.05, 0) is 43.0 Å². The minimum Gasteiger partial charge on any atom is -0.482 e. The van der Waals surface area contributed by atoms with Crippen molar-refractivity contribution in [3.63, 3.8) is 0 Å². The zero-order valence-electron chi connectivity index (χ0n) is 11.9. The van der Waals surface area contributed by atoms with Gasteiger partial charge in [-0.25, -0.2) is 4.79 Å². The van der Waals surface area contributed by atoms with E-state index in [1.54, 1.807) is 31.3 Å². The lowest BCUT2D eigenvalue weighted by Crippen LogP contribution is -2.30. The molecule has 0 bridgehead atoms. The maximum atomic E-state index is 11.9. The van der Waals surface area contributed by atoms with E-state index in [2.05, 4.69) is 0 Å². The number of benzene rings is 1. The Balaban J connectivity index is 1.81. The van der Waals surface area contributed by atoms with Crippen LogP contribution in [0.5, 0.6) is 5.75 Å². The number of likely N-dealkylation sites (N-methyl/N-ethyl adjacent to an activating group) is 1. The molecule has 0 radical (unpaired) electrons. The van der Waals surface area contributed by atoms with Gasteiger partial charge in [-0.15, -0.1) is 0 Å². The largest absolute Gasteiger partial charge is 0.482 e. The molecule has 1 fully saturated rings. The molecule has 1 aliphatic carbocycles. The highest BCUT2D eigenvalue weighted by Gasteiger charge is 2.22. The first-order valence-corrected chi connectivity index (χ1v) is 6.85. The number of carboxylic acid groups (broad SMARTS) is 1. The zero-order chi connectivity index (χ0) is 15.2. The molecule has 1 N–H and O–H groups in total. The van der Waals surface area contributed by atoms with Crippen LogP contribution >= 0.6 is 0 Å². The molecular weight excluding hydrogens is 274 g/mol. The molecule has 1 aromatic rings. The van der Waals surface area contributed by atoms with Crippen molar-refractivity contribution >= 4 is 17.6 Å². The number of carbonyl (C=O) groups excluding carboxylic acids is 1. The Bertz CT molecular complexity index is 495. The summed E-state index contributed by atoms with van der Waals surface area (Å²) in [5, 5.41) is 8.52. The van der Waals surface area contributed by atoms with Gasteiger partial charge in [-0.2, -0.15) is 0 Å². The summed E-state index contributed by atoms with van der Waals surface area (Å²) in [4.78, 5) is 23.8. The zero-order valence-corrected chi connectivity index (χ0v) is 11.9. The molecule has 0 saturated heterocycles. The Hall–Kier alpha value is -2.08. The maximum absolute atomic E-state index is 11.9. The number of carboxylic acids is 1. The molecule has 6 nitrogen and oxygen atoms in total. The first-order chi connectivity index (χ1) is 10.1. The number of nitrogens with zero attached hydrogens (tertiary/aromatic N) is 1. The van der Waals surface area contributed by atoms with E-state index in [1.807, 2.05) is 0 Å². The summed E-state index contributed by atoms with van der Waals surface area (Å²) in [7, 11) is 1.68. The molecule has 0 aromatic heterocycles. The third-order valence-electron chi connectivity index (χ3n) is 3.24. The Kier molecular flexibility index (Phi) is 5.16. The van der Waals surface area contributed by atoms with Crippen molar-refractivity contribution in [2.45, 2.75) is 12.8 Å². The molecule has 1 aromatic carbocycles. The van der Waals surface area contributed by atoms with E-state index in [0.717, 1.165) is 0 Å². The van der Waals surface area contributed by atoms with Crippen LogP contribution in [0.4, 0.5) is 5.69 Å². The summed E-state index contributed by atoms with van der Waals surface area (Å²) in [5.74, 6) is -0.0604. The Morgan fingerprint density at radius 3 is 2.48 bits per heavy atom. The molecule has 0 aliphatic heterocycles. The van der Waals surface area contributed by atoms with Gasteiger partial charge < -0.3 is 19.5 Å². The first kappa shape index (κ1) is 15.3. The van der Waals surface area contributed by atoms with Crippen molar-refractivity contribution in [3.05, 3.63) is 24.3 Å². The van der Waals surface area contributed by atoms with E-state index in [4.69, 9.17) is 14.6 Å². The lowest BCUT2D eigenvalue weighted by atomic mass is 10.3. The predicted octanol–water partition coefficient (Wildman–Crippen LogP) is 1.54. The average Bonchev–Trinajstić information content (AvgIpc) is 3.29. The molecule has 21 heavy (non-hydrogen) atoms. The van der Waals surface area contributed by atoms with Gasteiger partial charge >= 0.3 is 5.97 Å². The number of anilines is 1. The fourth-order valence-electron chi connectivity index (χ4n) is 1.75. The van der Waals surface area contributed by atoms with Gasteiger partial charge in [0.05, 0.1) is 6.61 Å². The van der Waals surface area contributed by atoms with Crippen LogP contribution in [0.15, 0.2) is 24.3 Å². The minimum absolute atomic E-state index is 0.0737. The average molecular weight is 293 g/mol. The molecule has 1 amide bonds. The third kappa shape index (κ3) is 5.07. The Morgan fingerprint density at radius 1 is 1.24 bits per heavy atom. The number of rotatable bonds is 8. The minimum atomic E-state index is -1.03. The van der Waals surface area contributed by atoms with Gasteiger partial charge in [0, 0.05) is 12.7 Å². The normalized spacial score (nSPS) is 13.8. The molecule has 1 saturated carbocycles. The summed E-state index contributed by atoms with van der Waals surface area (Å²) < 4.78 is 10.4. The second-order valence-electron chi connectivity index (χ2n) is 5.09. The van der Waals surface area contributed by atoms with E-state index in [-0.39, 0.29) is 19.1 Å². The smallest absolute Gasteiger partial charge is 0.341 e. The molecule has 6 heteroatoms. The number of aliphatic carboxylic acids is 1. The van der Waals surface area contributed by atoms with Gasteiger partial charge in [0.1, 0.15) is 12.4 Å². The highest BCUT2D eigenvalue weighted by atomic mass is 16.5. The second kappa shape index (κ2) is 7.08. The van der Waals surface area contributed by atoms with Crippen LogP contribution in [0.1, 0.15) is 12.8 Å². The van der Waals surface area contributed by atoms with E-state index < -0.39 is 5.97 Å². The lowest BCUT2D eigenvalue weighted by molar-refractivity contribution is -0.139. The van der Waals surface area contributed by atoms with E-state index in [9.17, 15) is 9.59 Å². The molecular formula is C15H19NO5. The molecule has 0 atom stereocenters. The molecule has 0 heterocycles. The Labute approximate surface area is 123 Å². The summed E-state index contributed by atoms with van der Waals surface area (Å²) >= 11 is 0. The quantitative estimate of drug-likeness (QED) is 0.787. The van der Waals surface area contributed by atoms with Crippen LogP contribution in [-0.2, 0) is 14.3 Å².